The predicted octanol–water partition coefficient (Wildman–Crippen LogP) is 3.72. The normalized spacial score (nSPS) is 15.0. The third-order valence-corrected chi connectivity index (χ3v) is 3.76. The number of aromatic hydroxyl groups is 1. The molecule has 0 saturated heterocycles. The Morgan fingerprint density at radius 2 is 1.82 bits per heavy atom. The van der Waals surface area contributed by atoms with Crippen molar-refractivity contribution in [3.05, 3.63) is 40.4 Å². The van der Waals surface area contributed by atoms with Crippen molar-refractivity contribution >= 4 is 28.2 Å². The molecule has 0 spiro atoms. The first-order valence-electron chi connectivity index (χ1n) is 5.65. The number of carbonyl (C=O) groups excluding carboxylic acids is 1. The van der Waals surface area contributed by atoms with Crippen LogP contribution in [0.15, 0.2) is 24.3 Å². The minimum absolute atomic E-state index is 0.00333. The van der Waals surface area contributed by atoms with Crippen LogP contribution >= 0.6 is 11.6 Å². The highest BCUT2D eigenvalue weighted by Crippen LogP contribution is 2.41. The highest BCUT2D eigenvalue weighted by atomic mass is 35.5. The Balaban J connectivity index is 2.48. The Bertz CT molecular complexity index is 632. The molecular formula is C14H11ClO2. The number of phenolic OH excluding ortho intramolecular Hbond substituents is 1. The number of Topliss-reactive ketones (excluding diaryl/α,β-unsaturated/α-hetero) is 1. The molecule has 2 aromatic rings. The van der Waals surface area contributed by atoms with E-state index in [4.69, 9.17) is 11.6 Å². The summed E-state index contributed by atoms with van der Waals surface area (Å²) in [5.74, 6) is 0.0844. The number of hydrogen-bond donors (Lipinski definition) is 1. The van der Waals surface area contributed by atoms with Crippen LogP contribution in [-0.4, -0.2) is 10.9 Å². The van der Waals surface area contributed by atoms with Crippen LogP contribution in [0.4, 0.5) is 0 Å². The fraction of sp³-hybridized carbons (Fsp3) is 0.214. The molecule has 1 aliphatic carbocycles. The summed E-state index contributed by atoms with van der Waals surface area (Å²) in [5.41, 5.74) is 1.24. The van der Waals surface area contributed by atoms with Crippen LogP contribution in [0, 0.1) is 0 Å². The molecule has 2 nitrogen and oxygen atoms in total. The lowest BCUT2D eigenvalue weighted by Gasteiger charge is -2.19. The van der Waals surface area contributed by atoms with Gasteiger partial charge in [-0.15, -0.1) is 0 Å². The number of fused-ring (bicyclic) bond motifs is 2. The summed E-state index contributed by atoms with van der Waals surface area (Å²) in [6.07, 6.45) is 2.07. The summed E-state index contributed by atoms with van der Waals surface area (Å²) in [5, 5.41) is 12.3. The average molecular weight is 247 g/mol. The maximum absolute atomic E-state index is 11.9. The molecule has 17 heavy (non-hydrogen) atoms. The summed E-state index contributed by atoms with van der Waals surface area (Å²) in [6, 6.07) is 7.37. The van der Waals surface area contributed by atoms with E-state index in [9.17, 15) is 9.90 Å². The molecule has 0 aliphatic heterocycles. The molecule has 0 aromatic heterocycles. The van der Waals surface area contributed by atoms with Crippen LogP contribution in [0.5, 0.6) is 5.75 Å². The highest BCUT2D eigenvalue weighted by Gasteiger charge is 2.25. The molecule has 0 atom stereocenters. The molecule has 0 amide bonds. The summed E-state index contributed by atoms with van der Waals surface area (Å²) < 4.78 is 0. The Hall–Kier alpha value is -1.54. The number of ketones is 1. The van der Waals surface area contributed by atoms with Crippen LogP contribution in [0.1, 0.15) is 28.8 Å². The zero-order chi connectivity index (χ0) is 12.0. The number of benzene rings is 2. The number of carbonyl (C=O) groups is 1. The summed E-state index contributed by atoms with van der Waals surface area (Å²) in [7, 11) is 0. The number of halogens is 1. The first-order chi connectivity index (χ1) is 8.20. The number of rotatable bonds is 0. The van der Waals surface area contributed by atoms with Crippen LogP contribution in [0.2, 0.25) is 5.02 Å². The molecule has 3 heteroatoms. The largest absolute Gasteiger partial charge is 0.507 e. The van der Waals surface area contributed by atoms with E-state index in [0.717, 1.165) is 23.8 Å². The molecule has 0 heterocycles. The van der Waals surface area contributed by atoms with Gasteiger partial charge in [-0.3, -0.25) is 4.79 Å². The van der Waals surface area contributed by atoms with Crippen molar-refractivity contribution in [2.45, 2.75) is 19.3 Å². The first-order valence-corrected chi connectivity index (χ1v) is 6.03. The fourth-order valence-corrected chi connectivity index (χ4v) is 2.87. The van der Waals surface area contributed by atoms with Crippen molar-refractivity contribution in [2.24, 2.45) is 0 Å². The predicted molar refractivity (Wildman–Crippen MR) is 67.9 cm³/mol. The van der Waals surface area contributed by atoms with E-state index in [1.54, 1.807) is 6.07 Å². The van der Waals surface area contributed by atoms with Gasteiger partial charge < -0.3 is 5.11 Å². The average Bonchev–Trinajstić information content (AvgIpc) is 2.36. The lowest BCUT2D eigenvalue weighted by atomic mass is 9.87. The van der Waals surface area contributed by atoms with E-state index in [0.29, 0.717) is 22.4 Å². The van der Waals surface area contributed by atoms with Gasteiger partial charge in [-0.2, -0.15) is 0 Å². The minimum Gasteiger partial charge on any atom is -0.507 e. The Morgan fingerprint density at radius 1 is 1.12 bits per heavy atom. The van der Waals surface area contributed by atoms with E-state index >= 15 is 0 Å². The Labute approximate surface area is 104 Å². The molecule has 0 saturated carbocycles. The van der Waals surface area contributed by atoms with Crippen LogP contribution in [0.25, 0.3) is 10.8 Å². The van der Waals surface area contributed by atoms with Gasteiger partial charge in [0.1, 0.15) is 5.75 Å². The van der Waals surface area contributed by atoms with E-state index in [1.807, 2.05) is 18.2 Å². The minimum atomic E-state index is -0.00333. The van der Waals surface area contributed by atoms with E-state index in [-0.39, 0.29) is 11.5 Å². The van der Waals surface area contributed by atoms with Crippen LogP contribution in [-0.2, 0) is 6.42 Å². The van der Waals surface area contributed by atoms with Gasteiger partial charge in [-0.25, -0.2) is 0 Å². The molecule has 1 aliphatic rings. The molecule has 0 unspecified atom stereocenters. The molecule has 2 aromatic carbocycles. The third-order valence-electron chi connectivity index (χ3n) is 3.33. The second-order valence-electron chi connectivity index (χ2n) is 4.34. The van der Waals surface area contributed by atoms with E-state index in [1.165, 1.54) is 0 Å². The van der Waals surface area contributed by atoms with Gasteiger partial charge in [0.2, 0.25) is 0 Å². The summed E-state index contributed by atoms with van der Waals surface area (Å²) in [4.78, 5) is 11.9. The van der Waals surface area contributed by atoms with Gasteiger partial charge >= 0.3 is 0 Å². The topological polar surface area (TPSA) is 37.3 Å². The van der Waals surface area contributed by atoms with Crippen molar-refractivity contribution in [1.82, 2.24) is 0 Å². The Morgan fingerprint density at radius 3 is 2.59 bits per heavy atom. The van der Waals surface area contributed by atoms with Crippen molar-refractivity contribution in [1.29, 1.82) is 0 Å². The van der Waals surface area contributed by atoms with Gasteiger partial charge in [0.05, 0.1) is 10.6 Å². The Kier molecular flexibility index (Phi) is 2.33. The number of hydrogen-bond acceptors (Lipinski definition) is 2. The lowest BCUT2D eigenvalue weighted by Crippen LogP contribution is -2.12. The van der Waals surface area contributed by atoms with Gasteiger partial charge in [0.25, 0.3) is 0 Å². The second-order valence-corrected chi connectivity index (χ2v) is 4.72. The third kappa shape index (κ3) is 1.44. The van der Waals surface area contributed by atoms with Crippen LogP contribution in [0.3, 0.4) is 0 Å². The van der Waals surface area contributed by atoms with Crippen molar-refractivity contribution < 1.29 is 9.90 Å². The fourth-order valence-electron chi connectivity index (χ4n) is 2.52. The zero-order valence-corrected chi connectivity index (χ0v) is 9.92. The molecule has 0 radical (unpaired) electrons. The maximum atomic E-state index is 11.9. The lowest BCUT2D eigenvalue weighted by molar-refractivity contribution is 0.0970. The molecule has 3 rings (SSSR count). The highest BCUT2D eigenvalue weighted by molar-refractivity contribution is 6.37. The van der Waals surface area contributed by atoms with Gasteiger partial charge in [-0.05, 0) is 18.4 Å². The second kappa shape index (κ2) is 3.74. The van der Waals surface area contributed by atoms with Crippen molar-refractivity contribution in [2.75, 3.05) is 0 Å². The van der Waals surface area contributed by atoms with E-state index in [2.05, 4.69) is 0 Å². The van der Waals surface area contributed by atoms with Gasteiger partial charge in [0.15, 0.2) is 5.78 Å². The zero-order valence-electron chi connectivity index (χ0n) is 9.16. The quantitative estimate of drug-likeness (QED) is 0.769. The summed E-state index contributed by atoms with van der Waals surface area (Å²) >= 11 is 6.33. The molecule has 1 N–H and O–H groups in total. The van der Waals surface area contributed by atoms with Crippen molar-refractivity contribution in [3.8, 4) is 5.75 Å². The maximum Gasteiger partial charge on any atom is 0.166 e. The molecule has 0 bridgehead atoms. The molecule has 86 valence electrons. The summed E-state index contributed by atoms with van der Waals surface area (Å²) in [6.45, 7) is 0. The number of phenols is 1. The van der Waals surface area contributed by atoms with Crippen molar-refractivity contribution in [3.63, 3.8) is 0 Å². The smallest absolute Gasteiger partial charge is 0.166 e. The monoisotopic (exact) mass is 246 g/mol. The standard InChI is InChI=1S/C14H11ClO2/c15-13-8-4-1-2-5-9(8)14(17)12-10(13)6-3-7-11(12)16/h1-2,4-5,17H,3,6-7H2. The first kappa shape index (κ1) is 10.6. The SMILES string of the molecule is O=C1CCCc2c1c(O)c1ccccc1c2Cl. The van der Waals surface area contributed by atoms with Gasteiger partial charge in [-0.1, -0.05) is 35.9 Å². The molecular weight excluding hydrogens is 236 g/mol. The van der Waals surface area contributed by atoms with Gasteiger partial charge in [0, 0.05) is 17.2 Å². The van der Waals surface area contributed by atoms with Crippen LogP contribution < -0.4 is 0 Å². The van der Waals surface area contributed by atoms with E-state index < -0.39 is 0 Å². The molecule has 0 fully saturated rings.